The van der Waals surface area contributed by atoms with Gasteiger partial charge >= 0.3 is 28.3 Å². The van der Waals surface area contributed by atoms with E-state index in [1.165, 1.54) is 6.07 Å². The van der Waals surface area contributed by atoms with Crippen LogP contribution in [0.4, 0.5) is 11.6 Å². The van der Waals surface area contributed by atoms with Crippen molar-refractivity contribution in [3.05, 3.63) is 46.5 Å². The van der Waals surface area contributed by atoms with Gasteiger partial charge in [-0.15, -0.1) is 0 Å². The SMILES string of the molecule is CNc1ccccc1C(=O)O[C@H]1[C@@H](O)[C@H](n2cnc3c(=O)[nH]c(N)nc32)O[C@@H]1COP(=O)(O)OP(=O)(O)OP(O)(O)=S. The van der Waals surface area contributed by atoms with E-state index >= 15 is 0 Å². The number of aromatic nitrogens is 4. The number of nitrogens with zero attached hydrogens (tertiary/aromatic N) is 3. The lowest BCUT2D eigenvalue weighted by molar-refractivity contribution is -0.0520. The molecule has 2 unspecified atom stereocenters. The molecule has 3 aromatic rings. The van der Waals surface area contributed by atoms with Crippen molar-refractivity contribution in [3.8, 4) is 0 Å². The van der Waals surface area contributed by atoms with Gasteiger partial charge in [0.15, 0.2) is 23.5 Å². The van der Waals surface area contributed by atoms with Gasteiger partial charge in [0.05, 0.1) is 18.5 Å². The highest BCUT2D eigenvalue weighted by Gasteiger charge is 2.49. The Labute approximate surface area is 239 Å². The highest BCUT2D eigenvalue weighted by Crippen LogP contribution is 2.66. The number of benzene rings is 1. The number of ether oxygens (including phenoxy) is 2. The molecule has 0 bridgehead atoms. The summed E-state index contributed by atoms with van der Waals surface area (Å²) in [7, 11) is -9.61. The third kappa shape index (κ3) is 7.47. The molecule has 42 heavy (non-hydrogen) atoms. The molecule has 24 heteroatoms. The average Bonchev–Trinajstić information content (AvgIpc) is 3.41. The van der Waals surface area contributed by atoms with Gasteiger partial charge in [-0.25, -0.2) is 23.2 Å². The summed E-state index contributed by atoms with van der Waals surface area (Å²) in [5.41, 5.74) is 4.99. The number of aromatic amines is 1. The monoisotopic (exact) mass is 672 g/mol. The lowest BCUT2D eigenvalue weighted by Gasteiger charge is -2.22. The van der Waals surface area contributed by atoms with Crippen LogP contribution in [0.5, 0.6) is 0 Å². The zero-order valence-corrected chi connectivity index (χ0v) is 24.5. The minimum absolute atomic E-state index is 0.0441. The zero-order valence-electron chi connectivity index (χ0n) is 21.0. The number of imidazole rings is 1. The maximum Gasteiger partial charge on any atom is 0.488 e. The van der Waals surface area contributed by atoms with E-state index in [-0.39, 0.29) is 22.7 Å². The summed E-state index contributed by atoms with van der Waals surface area (Å²) in [6, 6.07) is 6.17. The number of nitrogens with one attached hydrogen (secondary N) is 2. The Morgan fingerprint density at radius 2 is 1.90 bits per heavy atom. The van der Waals surface area contributed by atoms with Crippen molar-refractivity contribution in [3.63, 3.8) is 0 Å². The number of phosphoric acid groups is 2. The van der Waals surface area contributed by atoms with Crippen LogP contribution in [0.25, 0.3) is 11.2 Å². The predicted octanol–water partition coefficient (Wildman–Crippen LogP) is -0.313. The molecular formula is C18H23N6O14P3S. The Hall–Kier alpha value is -2.61. The van der Waals surface area contributed by atoms with Crippen LogP contribution < -0.4 is 16.6 Å². The molecular weight excluding hydrogens is 649 g/mol. The first-order valence-corrected chi connectivity index (χ1v) is 16.9. The van der Waals surface area contributed by atoms with Gasteiger partial charge in [-0.2, -0.15) is 9.29 Å². The molecule has 0 aliphatic carbocycles. The van der Waals surface area contributed by atoms with E-state index in [1.54, 1.807) is 25.2 Å². The Kier molecular flexibility index (Phi) is 9.37. The molecule has 4 rings (SSSR count). The molecule has 1 saturated heterocycles. The smallest absolute Gasteiger partial charge is 0.453 e. The number of nitrogens with two attached hydrogens (primary N) is 1. The topological polar surface area (TPSA) is 300 Å². The van der Waals surface area contributed by atoms with Crippen LogP contribution in [0.15, 0.2) is 35.4 Å². The van der Waals surface area contributed by atoms with Gasteiger partial charge < -0.3 is 45.2 Å². The Morgan fingerprint density at radius 1 is 1.21 bits per heavy atom. The molecule has 1 aromatic carbocycles. The first-order chi connectivity index (χ1) is 19.5. The van der Waals surface area contributed by atoms with Crippen LogP contribution in [0, 0.1) is 0 Å². The number of H-pyrrole nitrogens is 1. The summed E-state index contributed by atoms with van der Waals surface area (Å²) in [5.74, 6) is -1.25. The molecule has 6 atom stereocenters. The Balaban J connectivity index is 1.63. The number of esters is 1. The fourth-order valence-corrected chi connectivity index (χ4v) is 7.68. The molecule has 1 fully saturated rings. The molecule has 20 nitrogen and oxygen atoms in total. The molecule has 0 amide bonds. The normalized spacial score (nSPS) is 23.8. The van der Waals surface area contributed by atoms with E-state index in [0.717, 1.165) is 10.9 Å². The minimum Gasteiger partial charge on any atom is -0.453 e. The van der Waals surface area contributed by atoms with Crippen molar-refractivity contribution in [2.75, 3.05) is 24.7 Å². The number of aliphatic hydroxyl groups is 1. The first kappa shape index (κ1) is 32.3. The first-order valence-electron chi connectivity index (χ1n) is 11.3. The van der Waals surface area contributed by atoms with Gasteiger partial charge in [0.25, 0.3) is 5.56 Å². The molecule has 2 aromatic heterocycles. The van der Waals surface area contributed by atoms with Crippen LogP contribution in [-0.4, -0.2) is 82.1 Å². The molecule has 9 N–H and O–H groups in total. The van der Waals surface area contributed by atoms with Gasteiger partial charge in [0.1, 0.15) is 12.2 Å². The number of carbonyl (C=O) groups excluding carboxylic acids is 1. The third-order valence-corrected chi connectivity index (χ3v) is 9.91. The fraction of sp³-hybridized carbons (Fsp3) is 0.333. The molecule has 3 heterocycles. The van der Waals surface area contributed by atoms with Gasteiger partial charge in [0, 0.05) is 12.7 Å². The standard InChI is InChI=1S/C18H23N6O14P3S/c1-20-9-5-3-2-4-8(9)17(27)36-13-10(6-34-39(28,29)37-40(30,31)38-41(32,33)42)35-16(12(13)25)24-7-21-11-14(24)22-18(19)23-15(11)26/h2-5,7,10,12-13,16,20,25H,6H2,1H3,(H,28,29)(H,30,31)(H2,32,33,42)(H3,19,22,23,26)/t10-,12-,13-,16-/m1/s1. The number of hydrogen-bond acceptors (Lipinski definition) is 15. The summed E-state index contributed by atoms with van der Waals surface area (Å²) in [6.07, 6.45) is -5.37. The third-order valence-electron chi connectivity index (χ3n) is 5.51. The van der Waals surface area contributed by atoms with Crippen molar-refractivity contribution in [2.45, 2.75) is 24.5 Å². The molecule has 1 aliphatic heterocycles. The summed E-state index contributed by atoms with van der Waals surface area (Å²) in [5, 5.41) is 14.0. The second kappa shape index (κ2) is 12.2. The second-order valence-electron chi connectivity index (χ2n) is 8.38. The van der Waals surface area contributed by atoms with Crippen LogP contribution in [0.3, 0.4) is 0 Å². The minimum atomic E-state index is -5.63. The van der Waals surface area contributed by atoms with Crippen molar-refractivity contribution in [1.29, 1.82) is 0 Å². The lowest BCUT2D eigenvalue weighted by Crippen LogP contribution is -2.38. The molecule has 0 spiro atoms. The molecule has 230 valence electrons. The number of nitrogen functional groups attached to an aromatic ring is 1. The maximum absolute atomic E-state index is 13.1. The number of anilines is 2. The Morgan fingerprint density at radius 3 is 2.57 bits per heavy atom. The summed E-state index contributed by atoms with van der Waals surface area (Å²) >= 11 is 4.04. The Bertz CT molecular complexity index is 1700. The van der Waals surface area contributed by atoms with Gasteiger partial charge in [-0.05, 0) is 23.9 Å². The van der Waals surface area contributed by atoms with Crippen LogP contribution in [0.2, 0.25) is 0 Å². The largest absolute Gasteiger partial charge is 0.488 e. The number of rotatable bonds is 11. The van der Waals surface area contributed by atoms with E-state index in [9.17, 15) is 33.6 Å². The zero-order chi connectivity index (χ0) is 31.0. The van der Waals surface area contributed by atoms with E-state index in [0.29, 0.717) is 5.69 Å². The van der Waals surface area contributed by atoms with Crippen molar-refractivity contribution in [1.82, 2.24) is 19.5 Å². The number of aliphatic hydroxyl groups excluding tert-OH is 1. The van der Waals surface area contributed by atoms with E-state index in [1.807, 2.05) is 0 Å². The molecule has 1 aliphatic rings. The molecule has 0 radical (unpaired) electrons. The number of phosphoric ester groups is 1. The predicted molar refractivity (Wildman–Crippen MR) is 144 cm³/mol. The van der Waals surface area contributed by atoms with Crippen molar-refractivity contribution < 1.29 is 61.2 Å². The van der Waals surface area contributed by atoms with Gasteiger partial charge in [0.2, 0.25) is 5.95 Å². The quantitative estimate of drug-likeness (QED) is 0.0956. The van der Waals surface area contributed by atoms with Gasteiger partial charge in [-0.1, -0.05) is 12.1 Å². The van der Waals surface area contributed by atoms with Crippen LogP contribution in [0.1, 0.15) is 16.6 Å². The number of fused-ring (bicyclic) bond motifs is 1. The molecule has 0 saturated carbocycles. The van der Waals surface area contributed by atoms with Crippen molar-refractivity contribution >= 4 is 62.9 Å². The number of para-hydroxylation sites is 1. The lowest BCUT2D eigenvalue weighted by atomic mass is 10.1. The second-order valence-corrected chi connectivity index (χ2v) is 14.2. The fourth-order valence-electron chi connectivity index (χ4n) is 3.90. The summed E-state index contributed by atoms with van der Waals surface area (Å²) < 4.78 is 49.0. The van der Waals surface area contributed by atoms with E-state index in [4.69, 9.17) is 29.5 Å². The van der Waals surface area contributed by atoms with Crippen LogP contribution in [-0.2, 0) is 43.6 Å². The number of carbonyl (C=O) groups is 1. The van der Waals surface area contributed by atoms with Crippen molar-refractivity contribution in [2.24, 2.45) is 0 Å². The van der Waals surface area contributed by atoms with E-state index in [2.05, 4.69) is 40.7 Å². The maximum atomic E-state index is 13.1. The van der Waals surface area contributed by atoms with Gasteiger partial charge in [-0.3, -0.25) is 18.9 Å². The van der Waals surface area contributed by atoms with Crippen LogP contribution >= 0.6 is 22.4 Å². The van der Waals surface area contributed by atoms with E-state index < -0.39 is 65.0 Å². The number of hydrogen-bond donors (Lipinski definition) is 8. The highest BCUT2D eigenvalue weighted by atomic mass is 32.5. The highest BCUT2D eigenvalue weighted by molar-refractivity contribution is 8.08. The average molecular weight is 672 g/mol. The summed E-state index contributed by atoms with van der Waals surface area (Å²) in [4.78, 5) is 73.0. The summed E-state index contributed by atoms with van der Waals surface area (Å²) in [6.45, 7) is -5.83.